The summed E-state index contributed by atoms with van der Waals surface area (Å²) >= 11 is 0. The number of hydrogen-bond acceptors (Lipinski definition) is 10. The van der Waals surface area contributed by atoms with Gasteiger partial charge in [0.2, 0.25) is 0 Å². The SMILES string of the molecule is COC1O[C@H](CO)[C@@H](O)[C@@H]1F.COC1O[C@H](COC(=O)c2cc(C)cc(C)c2)[C@@H](OC(=O)c2cc(C)cc(C)c2)[C@@H]1F. The van der Waals surface area contributed by atoms with E-state index in [0.29, 0.717) is 11.1 Å². The van der Waals surface area contributed by atoms with E-state index in [1.807, 2.05) is 39.8 Å². The Hall–Kier alpha value is -3.00. The van der Waals surface area contributed by atoms with Crippen LogP contribution in [0.25, 0.3) is 0 Å². The molecule has 2 saturated heterocycles. The topological polar surface area (TPSA) is 130 Å². The van der Waals surface area contributed by atoms with Crippen molar-refractivity contribution < 1.29 is 57.0 Å². The first-order valence-corrected chi connectivity index (χ1v) is 13.4. The molecule has 2 N–H and O–H groups in total. The van der Waals surface area contributed by atoms with E-state index in [1.54, 1.807) is 24.3 Å². The maximum Gasteiger partial charge on any atom is 0.338 e. The van der Waals surface area contributed by atoms with Gasteiger partial charge in [0.1, 0.15) is 24.9 Å². The highest BCUT2D eigenvalue weighted by atomic mass is 19.1. The third-order valence-electron chi connectivity index (χ3n) is 6.71. The zero-order chi connectivity index (χ0) is 31.1. The molecule has 0 bridgehead atoms. The average Bonchev–Trinajstić information content (AvgIpc) is 3.40. The molecule has 2 fully saturated rings. The lowest BCUT2D eigenvalue weighted by molar-refractivity contribution is -0.142. The number of carbonyl (C=O) groups is 2. The second kappa shape index (κ2) is 14.9. The standard InChI is InChI=1S/C24H27FO6.C6H11FO4/c1-13-6-14(2)9-17(8-13)22(26)29-12-19-21(20(25)24(28-5)30-19)31-23(27)18-10-15(3)7-16(4)11-18;1-10-6-4(7)5(9)3(2-8)11-6/h6-11,19-21,24H,12H2,1-5H3;3-6,8-9H,2H2,1H3/t19-,20+,21-,24?;3-,4+,5-,6?/m11/s1. The smallest absolute Gasteiger partial charge is 0.338 e. The van der Waals surface area contributed by atoms with Gasteiger partial charge in [-0.15, -0.1) is 0 Å². The fraction of sp³-hybridized carbons (Fsp3) is 0.533. The molecule has 0 aliphatic carbocycles. The number of alkyl halides is 2. The number of ether oxygens (including phenoxy) is 6. The molecule has 2 aromatic rings. The van der Waals surface area contributed by atoms with Gasteiger partial charge in [0.25, 0.3) is 0 Å². The lowest BCUT2D eigenvalue weighted by Crippen LogP contribution is -2.37. The molecule has 4 rings (SSSR count). The molecule has 0 saturated carbocycles. The molecule has 10 nitrogen and oxygen atoms in total. The maximum absolute atomic E-state index is 14.8. The van der Waals surface area contributed by atoms with E-state index in [4.69, 9.17) is 33.9 Å². The molecule has 2 heterocycles. The Morgan fingerprint density at radius 2 is 1.21 bits per heavy atom. The van der Waals surface area contributed by atoms with Crippen LogP contribution in [0.1, 0.15) is 43.0 Å². The number of methoxy groups -OCH3 is 2. The van der Waals surface area contributed by atoms with Gasteiger partial charge < -0.3 is 38.6 Å². The normalized spacial score (nSPS) is 28.6. The van der Waals surface area contributed by atoms with Crippen molar-refractivity contribution in [1.29, 1.82) is 0 Å². The Labute approximate surface area is 243 Å². The molecular weight excluding hydrogens is 558 g/mol. The van der Waals surface area contributed by atoms with Crippen LogP contribution in [0, 0.1) is 27.7 Å². The number of esters is 2. The van der Waals surface area contributed by atoms with Gasteiger partial charge in [0, 0.05) is 14.2 Å². The minimum Gasteiger partial charge on any atom is -0.459 e. The van der Waals surface area contributed by atoms with Crippen molar-refractivity contribution in [3.05, 3.63) is 69.8 Å². The van der Waals surface area contributed by atoms with E-state index in [9.17, 15) is 18.4 Å². The predicted molar refractivity (Wildman–Crippen MR) is 146 cm³/mol. The number of aryl methyl sites for hydroxylation is 4. The second-order valence-corrected chi connectivity index (χ2v) is 10.3. The van der Waals surface area contributed by atoms with Crippen LogP contribution in [0.3, 0.4) is 0 Å². The zero-order valence-corrected chi connectivity index (χ0v) is 24.4. The summed E-state index contributed by atoms with van der Waals surface area (Å²) in [6.07, 6.45) is -9.99. The lowest BCUT2D eigenvalue weighted by Gasteiger charge is -2.20. The zero-order valence-electron chi connectivity index (χ0n) is 24.4. The van der Waals surface area contributed by atoms with Gasteiger partial charge in [-0.25, -0.2) is 18.4 Å². The summed E-state index contributed by atoms with van der Waals surface area (Å²) in [5.74, 6) is -1.24. The fourth-order valence-electron chi connectivity index (χ4n) is 4.79. The first-order chi connectivity index (χ1) is 19.9. The lowest BCUT2D eigenvalue weighted by atomic mass is 10.1. The van der Waals surface area contributed by atoms with Crippen molar-refractivity contribution in [2.75, 3.05) is 27.4 Å². The number of carbonyl (C=O) groups excluding carboxylic acids is 2. The molecule has 42 heavy (non-hydrogen) atoms. The van der Waals surface area contributed by atoms with Crippen LogP contribution >= 0.6 is 0 Å². The first-order valence-electron chi connectivity index (χ1n) is 13.4. The van der Waals surface area contributed by atoms with E-state index in [0.717, 1.165) is 22.3 Å². The summed E-state index contributed by atoms with van der Waals surface area (Å²) in [5.41, 5.74) is 4.33. The van der Waals surface area contributed by atoms with Gasteiger partial charge in [0.05, 0.1) is 17.7 Å². The van der Waals surface area contributed by atoms with Gasteiger partial charge in [-0.1, -0.05) is 34.4 Å². The van der Waals surface area contributed by atoms with E-state index >= 15 is 0 Å². The summed E-state index contributed by atoms with van der Waals surface area (Å²) < 4.78 is 58.3. The monoisotopic (exact) mass is 596 g/mol. The Bertz CT molecular complexity index is 1170. The Balaban J connectivity index is 0.000000369. The minimum absolute atomic E-state index is 0.281. The van der Waals surface area contributed by atoms with Crippen molar-refractivity contribution in [2.24, 2.45) is 0 Å². The number of aliphatic hydroxyl groups is 2. The molecule has 2 unspecified atom stereocenters. The number of hydrogen-bond donors (Lipinski definition) is 2. The van der Waals surface area contributed by atoms with Crippen molar-refractivity contribution >= 4 is 11.9 Å². The van der Waals surface area contributed by atoms with E-state index in [-0.39, 0.29) is 6.61 Å². The number of benzene rings is 2. The molecule has 12 heteroatoms. The average molecular weight is 597 g/mol. The Morgan fingerprint density at radius 1 is 0.762 bits per heavy atom. The van der Waals surface area contributed by atoms with E-state index < -0.39 is 67.9 Å². The van der Waals surface area contributed by atoms with Crippen molar-refractivity contribution in [2.45, 2.75) is 77.0 Å². The molecule has 8 atom stereocenters. The Kier molecular flexibility index (Phi) is 11.9. The molecule has 232 valence electrons. The van der Waals surface area contributed by atoms with Crippen LogP contribution < -0.4 is 0 Å². The Morgan fingerprint density at radius 3 is 1.64 bits per heavy atom. The number of rotatable bonds is 8. The molecule has 0 spiro atoms. The van der Waals surface area contributed by atoms with Crippen LogP contribution in [0.2, 0.25) is 0 Å². The van der Waals surface area contributed by atoms with Gasteiger partial charge in [-0.05, 0) is 52.0 Å². The number of aliphatic hydroxyl groups excluding tert-OH is 2. The van der Waals surface area contributed by atoms with Gasteiger partial charge in [-0.3, -0.25) is 0 Å². The third kappa shape index (κ3) is 8.30. The van der Waals surface area contributed by atoms with Crippen LogP contribution in [0.15, 0.2) is 36.4 Å². The summed E-state index contributed by atoms with van der Waals surface area (Å²) in [6.45, 7) is 6.79. The predicted octanol–water partition coefficient (Wildman–Crippen LogP) is 3.06. The molecule has 2 aliphatic heterocycles. The fourth-order valence-corrected chi connectivity index (χ4v) is 4.79. The molecule has 0 amide bonds. The molecule has 0 aromatic heterocycles. The van der Waals surface area contributed by atoms with Crippen LogP contribution in [-0.2, 0) is 28.4 Å². The minimum atomic E-state index is -1.72. The molecule has 2 aromatic carbocycles. The number of halogens is 2. The molecule has 0 radical (unpaired) electrons. The first kappa shape index (κ1) is 33.5. The summed E-state index contributed by atoms with van der Waals surface area (Å²) in [7, 11) is 2.58. The largest absolute Gasteiger partial charge is 0.459 e. The highest BCUT2D eigenvalue weighted by Crippen LogP contribution is 2.29. The maximum atomic E-state index is 14.8. The van der Waals surface area contributed by atoms with Crippen molar-refractivity contribution in [3.63, 3.8) is 0 Å². The highest BCUT2D eigenvalue weighted by molar-refractivity contribution is 5.90. The molecular formula is C30H38F2O10. The summed E-state index contributed by atoms with van der Waals surface area (Å²) in [4.78, 5) is 25.1. The van der Waals surface area contributed by atoms with Crippen molar-refractivity contribution in [1.82, 2.24) is 0 Å². The second-order valence-electron chi connectivity index (χ2n) is 10.3. The third-order valence-corrected chi connectivity index (χ3v) is 6.71. The van der Waals surface area contributed by atoms with Crippen LogP contribution in [0.5, 0.6) is 0 Å². The van der Waals surface area contributed by atoms with Crippen molar-refractivity contribution in [3.8, 4) is 0 Å². The van der Waals surface area contributed by atoms with Crippen LogP contribution in [-0.4, -0.2) is 98.9 Å². The van der Waals surface area contributed by atoms with Crippen LogP contribution in [0.4, 0.5) is 8.78 Å². The molecule has 2 aliphatic rings. The van der Waals surface area contributed by atoms with E-state index in [1.165, 1.54) is 14.2 Å². The van der Waals surface area contributed by atoms with Gasteiger partial charge in [0.15, 0.2) is 31.0 Å². The van der Waals surface area contributed by atoms with E-state index in [2.05, 4.69) is 4.74 Å². The quantitative estimate of drug-likeness (QED) is 0.439. The highest BCUT2D eigenvalue weighted by Gasteiger charge is 2.49. The summed E-state index contributed by atoms with van der Waals surface area (Å²) in [5, 5.41) is 17.6. The van der Waals surface area contributed by atoms with Gasteiger partial charge in [-0.2, -0.15) is 0 Å². The van der Waals surface area contributed by atoms with Gasteiger partial charge >= 0.3 is 11.9 Å². The summed E-state index contributed by atoms with van der Waals surface area (Å²) in [6, 6.07) is 10.6.